The number of rotatable bonds is 2. The van der Waals surface area contributed by atoms with Crippen LogP contribution < -0.4 is 10.8 Å². The van der Waals surface area contributed by atoms with Crippen molar-refractivity contribution in [3.05, 3.63) is 48.9 Å². The summed E-state index contributed by atoms with van der Waals surface area (Å²) in [5, 5.41) is 9.58. The summed E-state index contributed by atoms with van der Waals surface area (Å²) < 4.78 is 1.84. The summed E-state index contributed by atoms with van der Waals surface area (Å²) in [4.78, 5) is 8.71. The lowest BCUT2D eigenvalue weighted by Crippen LogP contribution is -2.03. The molecule has 0 aliphatic heterocycles. The molecular weight excluding hydrogens is 273 g/mol. The Hall–Kier alpha value is -2.89. The Balaban J connectivity index is 1.88. The molecule has 2 aromatic heterocycles. The van der Waals surface area contributed by atoms with Crippen LogP contribution in [0, 0.1) is 0 Å². The van der Waals surface area contributed by atoms with Crippen molar-refractivity contribution in [2.45, 2.75) is 0 Å². The summed E-state index contributed by atoms with van der Waals surface area (Å²) in [7, 11) is 7.74. The average Bonchev–Trinajstić information content (AvgIpc) is 2.87. The van der Waals surface area contributed by atoms with E-state index in [1.165, 1.54) is 0 Å². The van der Waals surface area contributed by atoms with Crippen LogP contribution in [0.2, 0.25) is 0 Å². The molecule has 2 aromatic carbocycles. The van der Waals surface area contributed by atoms with Crippen LogP contribution in [0.25, 0.3) is 21.8 Å². The number of hydrogen-bond acceptors (Lipinski definition) is 4. The predicted octanol–water partition coefficient (Wildman–Crippen LogP) is 2.05. The largest absolute Gasteiger partial charge is 0.340 e. The van der Waals surface area contributed by atoms with Crippen LogP contribution >= 0.6 is 0 Å². The van der Waals surface area contributed by atoms with Crippen molar-refractivity contribution in [3.63, 3.8) is 0 Å². The van der Waals surface area contributed by atoms with Gasteiger partial charge in [0.1, 0.15) is 20.0 Å². The molecule has 4 aromatic rings. The maximum atomic E-state index is 5.82. The first-order valence-corrected chi connectivity index (χ1v) is 6.90. The number of aromatic nitrogens is 4. The number of benzene rings is 2. The average molecular weight is 285 g/mol. The van der Waals surface area contributed by atoms with Crippen molar-refractivity contribution >= 4 is 46.6 Å². The minimum Gasteiger partial charge on any atom is -0.340 e. The van der Waals surface area contributed by atoms with Crippen LogP contribution in [0.3, 0.4) is 0 Å². The van der Waals surface area contributed by atoms with Gasteiger partial charge >= 0.3 is 0 Å². The van der Waals surface area contributed by atoms with Gasteiger partial charge in [0.15, 0.2) is 0 Å². The van der Waals surface area contributed by atoms with E-state index in [-0.39, 0.29) is 0 Å². The van der Waals surface area contributed by atoms with Gasteiger partial charge in [-0.3, -0.25) is 4.68 Å². The number of aryl methyl sites for hydroxylation is 1. The number of anilines is 2. The van der Waals surface area contributed by atoms with Crippen molar-refractivity contribution in [2.24, 2.45) is 7.05 Å². The molecule has 6 heteroatoms. The van der Waals surface area contributed by atoms with Gasteiger partial charge in [-0.15, -0.1) is 0 Å². The zero-order valence-corrected chi connectivity index (χ0v) is 12.0. The predicted molar refractivity (Wildman–Crippen MR) is 88.9 cm³/mol. The first-order valence-electron chi connectivity index (χ1n) is 6.90. The highest BCUT2D eigenvalue weighted by molar-refractivity contribution is 6.32. The molecule has 4 rings (SSSR count). The van der Waals surface area contributed by atoms with Crippen LogP contribution in [-0.4, -0.2) is 27.6 Å². The zero-order chi connectivity index (χ0) is 15.1. The minimum atomic E-state index is 0.706. The lowest BCUT2D eigenvalue weighted by molar-refractivity contribution is 0.797. The molecule has 0 unspecified atom stereocenters. The van der Waals surface area contributed by atoms with Crippen LogP contribution in [0.4, 0.5) is 11.5 Å². The SMILES string of the molecule is [B]c1cccc(Nc2ncnc3cc4c(cnn4C)cc23)c1. The maximum absolute atomic E-state index is 5.82. The van der Waals surface area contributed by atoms with Gasteiger partial charge in [0.2, 0.25) is 0 Å². The molecule has 0 fully saturated rings. The van der Waals surface area contributed by atoms with E-state index >= 15 is 0 Å². The smallest absolute Gasteiger partial charge is 0.141 e. The molecule has 0 bridgehead atoms. The zero-order valence-electron chi connectivity index (χ0n) is 12.0. The fraction of sp³-hybridized carbons (Fsp3) is 0.0625. The second kappa shape index (κ2) is 4.84. The second-order valence-corrected chi connectivity index (χ2v) is 5.17. The summed E-state index contributed by atoms with van der Waals surface area (Å²) in [6.07, 6.45) is 3.39. The van der Waals surface area contributed by atoms with E-state index in [4.69, 9.17) is 7.85 Å². The fourth-order valence-electron chi connectivity index (χ4n) is 2.56. The monoisotopic (exact) mass is 285 g/mol. The summed E-state index contributed by atoms with van der Waals surface area (Å²) in [6.45, 7) is 0. The molecule has 22 heavy (non-hydrogen) atoms. The lowest BCUT2D eigenvalue weighted by atomic mass is 9.96. The van der Waals surface area contributed by atoms with E-state index in [2.05, 4.69) is 20.4 Å². The molecule has 0 saturated carbocycles. The van der Waals surface area contributed by atoms with E-state index in [1.54, 1.807) is 6.33 Å². The Morgan fingerprint density at radius 3 is 2.91 bits per heavy atom. The van der Waals surface area contributed by atoms with E-state index in [0.717, 1.165) is 33.3 Å². The Labute approximate surface area is 128 Å². The van der Waals surface area contributed by atoms with Crippen LogP contribution in [0.1, 0.15) is 0 Å². The van der Waals surface area contributed by atoms with Gasteiger partial charge in [-0.25, -0.2) is 9.97 Å². The minimum absolute atomic E-state index is 0.706. The van der Waals surface area contributed by atoms with Gasteiger partial charge in [-0.1, -0.05) is 17.6 Å². The van der Waals surface area contributed by atoms with Crippen molar-refractivity contribution in [1.29, 1.82) is 0 Å². The molecule has 2 heterocycles. The number of nitrogens with one attached hydrogen (secondary N) is 1. The Kier molecular flexibility index (Phi) is 2.82. The van der Waals surface area contributed by atoms with E-state index < -0.39 is 0 Å². The quantitative estimate of drug-likeness (QED) is 0.573. The Bertz CT molecular complexity index is 992. The van der Waals surface area contributed by atoms with Crippen molar-refractivity contribution < 1.29 is 0 Å². The van der Waals surface area contributed by atoms with Crippen molar-refractivity contribution in [1.82, 2.24) is 19.7 Å². The highest BCUT2D eigenvalue weighted by Gasteiger charge is 2.08. The van der Waals surface area contributed by atoms with E-state index in [0.29, 0.717) is 5.46 Å². The highest BCUT2D eigenvalue weighted by Crippen LogP contribution is 2.26. The van der Waals surface area contributed by atoms with Crippen molar-refractivity contribution in [2.75, 3.05) is 5.32 Å². The third kappa shape index (κ3) is 2.09. The summed E-state index contributed by atoms with van der Waals surface area (Å²) in [5.74, 6) is 0.751. The number of nitrogens with zero attached hydrogens (tertiary/aromatic N) is 4. The normalized spacial score (nSPS) is 11.1. The van der Waals surface area contributed by atoms with Gasteiger partial charge in [0.05, 0.1) is 17.2 Å². The summed E-state index contributed by atoms with van der Waals surface area (Å²) >= 11 is 0. The Morgan fingerprint density at radius 1 is 1.14 bits per heavy atom. The standard InChI is InChI=1S/C16H12BN5/c1-22-15-7-14-13(5-10(15)8-20-22)16(19-9-18-14)21-12-4-2-3-11(17)6-12/h2-9H,1H3,(H,18,19,21). The van der Waals surface area contributed by atoms with Gasteiger partial charge in [-0.05, 0) is 24.3 Å². The lowest BCUT2D eigenvalue weighted by Gasteiger charge is -2.09. The Morgan fingerprint density at radius 2 is 2.05 bits per heavy atom. The van der Waals surface area contributed by atoms with Gasteiger partial charge < -0.3 is 5.32 Å². The molecule has 1 N–H and O–H groups in total. The highest BCUT2D eigenvalue weighted by atomic mass is 15.2. The molecule has 0 atom stereocenters. The molecule has 0 saturated heterocycles. The topological polar surface area (TPSA) is 55.6 Å². The summed E-state index contributed by atoms with van der Waals surface area (Å²) in [5.41, 5.74) is 3.52. The number of fused-ring (bicyclic) bond motifs is 2. The van der Waals surface area contributed by atoms with Crippen LogP contribution in [-0.2, 0) is 7.05 Å². The maximum Gasteiger partial charge on any atom is 0.141 e. The molecule has 0 spiro atoms. The first kappa shape index (κ1) is 12.8. The third-order valence-electron chi connectivity index (χ3n) is 3.65. The fourth-order valence-corrected chi connectivity index (χ4v) is 2.56. The molecule has 0 amide bonds. The van der Waals surface area contributed by atoms with Crippen LogP contribution in [0.5, 0.6) is 0 Å². The first-order chi connectivity index (χ1) is 10.7. The molecule has 2 radical (unpaired) electrons. The van der Waals surface area contributed by atoms with Gasteiger partial charge in [-0.2, -0.15) is 5.10 Å². The van der Waals surface area contributed by atoms with Crippen molar-refractivity contribution in [3.8, 4) is 0 Å². The van der Waals surface area contributed by atoms with Gasteiger partial charge in [0, 0.05) is 23.5 Å². The molecule has 0 aliphatic carbocycles. The number of hydrogen-bond donors (Lipinski definition) is 1. The third-order valence-corrected chi connectivity index (χ3v) is 3.65. The van der Waals surface area contributed by atoms with E-state index in [9.17, 15) is 0 Å². The van der Waals surface area contributed by atoms with Gasteiger partial charge in [0.25, 0.3) is 0 Å². The molecule has 104 valence electrons. The summed E-state index contributed by atoms with van der Waals surface area (Å²) in [6, 6.07) is 11.6. The molecule has 0 aliphatic rings. The van der Waals surface area contributed by atoms with Crippen LogP contribution in [0.15, 0.2) is 48.9 Å². The second-order valence-electron chi connectivity index (χ2n) is 5.17. The van der Waals surface area contributed by atoms with E-state index in [1.807, 2.05) is 54.3 Å². The molecular formula is C16H12BN5. The molecule has 5 nitrogen and oxygen atoms in total.